The maximum atomic E-state index is 9.83. The van der Waals surface area contributed by atoms with E-state index in [1.165, 1.54) is 0 Å². The van der Waals surface area contributed by atoms with Crippen LogP contribution >= 0.6 is 11.6 Å². The summed E-state index contributed by atoms with van der Waals surface area (Å²) >= 11 is 6.04. The Kier molecular flexibility index (Phi) is 5.08. The first kappa shape index (κ1) is 14.6. The van der Waals surface area contributed by atoms with Crippen LogP contribution in [-0.4, -0.2) is 24.9 Å². The average Bonchev–Trinajstić information content (AvgIpc) is 2.81. The first-order valence-electron chi connectivity index (χ1n) is 6.86. The molecule has 0 aromatic heterocycles. The molecule has 1 aliphatic rings. The van der Waals surface area contributed by atoms with E-state index in [4.69, 9.17) is 16.3 Å². The lowest BCUT2D eigenvalue weighted by Gasteiger charge is -2.21. The Morgan fingerprint density at radius 3 is 2.89 bits per heavy atom. The van der Waals surface area contributed by atoms with Gasteiger partial charge in [0.2, 0.25) is 0 Å². The van der Waals surface area contributed by atoms with Crippen molar-refractivity contribution in [1.29, 1.82) is 0 Å². The second-order valence-corrected chi connectivity index (χ2v) is 5.71. The van der Waals surface area contributed by atoms with Gasteiger partial charge in [-0.25, -0.2) is 0 Å². The zero-order valence-corrected chi connectivity index (χ0v) is 12.3. The van der Waals surface area contributed by atoms with Gasteiger partial charge >= 0.3 is 0 Å². The van der Waals surface area contributed by atoms with E-state index in [0.717, 1.165) is 37.1 Å². The molecule has 1 saturated carbocycles. The highest BCUT2D eigenvalue weighted by Gasteiger charge is 2.25. The van der Waals surface area contributed by atoms with Gasteiger partial charge < -0.3 is 15.2 Å². The Balaban J connectivity index is 1.99. The Morgan fingerprint density at radius 2 is 2.26 bits per heavy atom. The average molecular weight is 284 g/mol. The molecular weight excluding hydrogens is 262 g/mol. The van der Waals surface area contributed by atoms with Gasteiger partial charge in [0.25, 0.3) is 0 Å². The van der Waals surface area contributed by atoms with Gasteiger partial charge in [-0.15, -0.1) is 0 Å². The highest BCUT2D eigenvalue weighted by atomic mass is 35.5. The summed E-state index contributed by atoms with van der Waals surface area (Å²) in [5, 5.41) is 14.0. The predicted molar refractivity (Wildman–Crippen MR) is 77.8 cm³/mol. The molecule has 3 nitrogen and oxygen atoms in total. The van der Waals surface area contributed by atoms with Crippen molar-refractivity contribution in [3.8, 4) is 5.75 Å². The van der Waals surface area contributed by atoms with Gasteiger partial charge in [-0.1, -0.05) is 18.0 Å². The molecule has 4 heteroatoms. The van der Waals surface area contributed by atoms with Crippen LogP contribution in [0.5, 0.6) is 5.75 Å². The lowest BCUT2D eigenvalue weighted by molar-refractivity contribution is 0.130. The molecule has 1 aliphatic carbocycles. The third-order valence-corrected chi connectivity index (χ3v) is 4.20. The van der Waals surface area contributed by atoms with E-state index in [1.807, 2.05) is 18.2 Å². The largest absolute Gasteiger partial charge is 0.496 e. The summed E-state index contributed by atoms with van der Waals surface area (Å²) < 4.78 is 5.37. The molecule has 0 radical (unpaired) electrons. The maximum Gasteiger partial charge on any atom is 0.123 e. The molecular formula is C15H22ClNO2. The van der Waals surface area contributed by atoms with Crippen LogP contribution in [0.25, 0.3) is 0 Å². The minimum absolute atomic E-state index is 0.152. The number of aliphatic hydroxyl groups is 1. The SMILES string of the molecule is COc1ccc(Cl)cc1C(C)NCC1CCCC1O. The zero-order chi connectivity index (χ0) is 13.8. The molecule has 0 spiro atoms. The number of nitrogens with one attached hydrogen (secondary N) is 1. The number of hydrogen-bond acceptors (Lipinski definition) is 3. The number of hydrogen-bond donors (Lipinski definition) is 2. The fourth-order valence-electron chi connectivity index (χ4n) is 2.74. The van der Waals surface area contributed by atoms with Crippen molar-refractivity contribution < 1.29 is 9.84 Å². The van der Waals surface area contributed by atoms with Crippen molar-refractivity contribution in [3.63, 3.8) is 0 Å². The number of benzene rings is 1. The smallest absolute Gasteiger partial charge is 0.123 e. The van der Waals surface area contributed by atoms with Gasteiger partial charge in [0.1, 0.15) is 5.75 Å². The van der Waals surface area contributed by atoms with Crippen LogP contribution in [0.1, 0.15) is 37.8 Å². The normalized spacial score (nSPS) is 24.4. The topological polar surface area (TPSA) is 41.5 Å². The molecule has 0 saturated heterocycles. The summed E-state index contributed by atoms with van der Waals surface area (Å²) in [4.78, 5) is 0. The number of rotatable bonds is 5. The van der Waals surface area contributed by atoms with Gasteiger partial charge in [0, 0.05) is 23.2 Å². The van der Waals surface area contributed by atoms with E-state index in [-0.39, 0.29) is 12.1 Å². The first-order chi connectivity index (χ1) is 9.11. The summed E-state index contributed by atoms with van der Waals surface area (Å²) in [6.07, 6.45) is 3.01. The third-order valence-electron chi connectivity index (χ3n) is 3.96. The maximum absolute atomic E-state index is 9.83. The van der Waals surface area contributed by atoms with Crippen molar-refractivity contribution in [3.05, 3.63) is 28.8 Å². The van der Waals surface area contributed by atoms with Crippen molar-refractivity contribution >= 4 is 11.6 Å². The van der Waals surface area contributed by atoms with Crippen LogP contribution in [0.4, 0.5) is 0 Å². The second-order valence-electron chi connectivity index (χ2n) is 5.27. The van der Waals surface area contributed by atoms with Gasteiger partial charge in [-0.05, 0) is 43.9 Å². The van der Waals surface area contributed by atoms with Crippen molar-refractivity contribution in [2.45, 2.75) is 38.3 Å². The molecule has 0 amide bonds. The quantitative estimate of drug-likeness (QED) is 0.872. The number of halogens is 1. The standard InChI is InChI=1S/C15H22ClNO2/c1-10(17-9-11-4-3-5-14(11)18)13-8-12(16)6-7-15(13)19-2/h6-8,10-11,14,17-18H,3-5,9H2,1-2H3. The number of methoxy groups -OCH3 is 1. The fourth-order valence-corrected chi connectivity index (χ4v) is 2.92. The summed E-state index contributed by atoms with van der Waals surface area (Å²) in [5.41, 5.74) is 1.06. The van der Waals surface area contributed by atoms with Crippen molar-refractivity contribution in [2.75, 3.05) is 13.7 Å². The van der Waals surface area contributed by atoms with E-state index in [1.54, 1.807) is 7.11 Å². The fraction of sp³-hybridized carbons (Fsp3) is 0.600. The van der Waals surface area contributed by atoms with Crippen LogP contribution < -0.4 is 10.1 Å². The second kappa shape index (κ2) is 6.60. The van der Waals surface area contributed by atoms with E-state index >= 15 is 0 Å². The molecule has 19 heavy (non-hydrogen) atoms. The lowest BCUT2D eigenvalue weighted by Crippen LogP contribution is -2.29. The minimum Gasteiger partial charge on any atom is -0.496 e. The predicted octanol–water partition coefficient (Wildman–Crippen LogP) is 3.16. The molecule has 3 atom stereocenters. The van der Waals surface area contributed by atoms with Gasteiger partial charge in [0.15, 0.2) is 0 Å². The van der Waals surface area contributed by atoms with Crippen LogP contribution in [0.15, 0.2) is 18.2 Å². The Labute approximate surface area is 119 Å². The molecule has 1 fully saturated rings. The molecule has 2 N–H and O–H groups in total. The van der Waals surface area contributed by atoms with Gasteiger partial charge in [-0.3, -0.25) is 0 Å². The summed E-state index contributed by atoms with van der Waals surface area (Å²) in [6.45, 7) is 2.92. The molecule has 1 aromatic carbocycles. The van der Waals surface area contributed by atoms with E-state index in [0.29, 0.717) is 10.9 Å². The van der Waals surface area contributed by atoms with Crippen LogP contribution in [0.2, 0.25) is 5.02 Å². The third kappa shape index (κ3) is 3.62. The molecule has 0 heterocycles. The monoisotopic (exact) mass is 283 g/mol. The first-order valence-corrected chi connectivity index (χ1v) is 7.24. The molecule has 1 aromatic rings. The van der Waals surface area contributed by atoms with Crippen LogP contribution in [-0.2, 0) is 0 Å². The zero-order valence-electron chi connectivity index (χ0n) is 11.5. The molecule has 3 unspecified atom stereocenters. The molecule has 2 rings (SSSR count). The van der Waals surface area contributed by atoms with Gasteiger partial charge in [0.05, 0.1) is 13.2 Å². The Morgan fingerprint density at radius 1 is 1.47 bits per heavy atom. The Hall–Kier alpha value is -0.770. The highest BCUT2D eigenvalue weighted by Crippen LogP contribution is 2.29. The van der Waals surface area contributed by atoms with Crippen molar-refractivity contribution in [2.24, 2.45) is 5.92 Å². The van der Waals surface area contributed by atoms with Crippen LogP contribution in [0.3, 0.4) is 0 Å². The minimum atomic E-state index is -0.152. The summed E-state index contributed by atoms with van der Waals surface area (Å²) in [5.74, 6) is 1.21. The summed E-state index contributed by atoms with van der Waals surface area (Å²) in [6, 6.07) is 5.81. The molecule has 0 aliphatic heterocycles. The van der Waals surface area contributed by atoms with Crippen LogP contribution in [0, 0.1) is 5.92 Å². The molecule has 0 bridgehead atoms. The highest BCUT2D eigenvalue weighted by molar-refractivity contribution is 6.30. The number of aliphatic hydroxyl groups excluding tert-OH is 1. The van der Waals surface area contributed by atoms with E-state index < -0.39 is 0 Å². The van der Waals surface area contributed by atoms with Gasteiger partial charge in [-0.2, -0.15) is 0 Å². The molecule has 106 valence electrons. The number of ether oxygens (including phenoxy) is 1. The summed E-state index contributed by atoms with van der Waals surface area (Å²) in [7, 11) is 1.67. The van der Waals surface area contributed by atoms with E-state index in [9.17, 15) is 5.11 Å². The Bertz CT molecular complexity index is 425. The van der Waals surface area contributed by atoms with Crippen molar-refractivity contribution in [1.82, 2.24) is 5.32 Å². The van der Waals surface area contributed by atoms with E-state index in [2.05, 4.69) is 12.2 Å². The lowest BCUT2D eigenvalue weighted by atomic mass is 10.0.